The SMILES string of the molecule is CCOC(=O)C1(NC2CC2)CCC(Sc2nc(C)cs2)C1. The molecule has 0 radical (unpaired) electrons. The molecule has 0 saturated heterocycles. The second-order valence-electron chi connectivity index (χ2n) is 5.96. The first-order valence-corrected chi connectivity index (χ1v) is 9.41. The Kier molecular flexibility index (Phi) is 4.57. The van der Waals surface area contributed by atoms with Crippen LogP contribution in [-0.4, -0.2) is 34.4 Å². The Labute approximate surface area is 134 Å². The van der Waals surface area contributed by atoms with Gasteiger partial charge in [-0.15, -0.1) is 11.3 Å². The third-order valence-corrected chi connectivity index (χ3v) is 6.42. The maximum atomic E-state index is 12.4. The number of thiazole rings is 1. The first-order chi connectivity index (χ1) is 10.1. The molecule has 1 N–H and O–H groups in total. The fraction of sp³-hybridized carbons (Fsp3) is 0.733. The van der Waals surface area contributed by atoms with Crippen molar-refractivity contribution in [2.45, 2.75) is 67.1 Å². The van der Waals surface area contributed by atoms with Gasteiger partial charge >= 0.3 is 5.97 Å². The van der Waals surface area contributed by atoms with Gasteiger partial charge in [0.2, 0.25) is 0 Å². The molecule has 1 aromatic heterocycles. The Balaban J connectivity index is 1.66. The second kappa shape index (κ2) is 6.26. The van der Waals surface area contributed by atoms with Gasteiger partial charge in [-0.2, -0.15) is 0 Å². The number of ether oxygens (including phenoxy) is 1. The Morgan fingerprint density at radius 3 is 3.00 bits per heavy atom. The van der Waals surface area contributed by atoms with Crippen molar-refractivity contribution < 1.29 is 9.53 Å². The smallest absolute Gasteiger partial charge is 0.326 e. The number of carbonyl (C=O) groups is 1. The summed E-state index contributed by atoms with van der Waals surface area (Å²) in [5.74, 6) is -0.0599. The van der Waals surface area contributed by atoms with E-state index >= 15 is 0 Å². The van der Waals surface area contributed by atoms with Gasteiger partial charge in [0.05, 0.1) is 6.61 Å². The quantitative estimate of drug-likeness (QED) is 0.814. The molecule has 21 heavy (non-hydrogen) atoms. The third-order valence-electron chi connectivity index (χ3n) is 4.06. The molecular formula is C15H22N2O2S2. The molecule has 3 rings (SSSR count). The molecule has 1 aromatic rings. The van der Waals surface area contributed by atoms with Crippen molar-refractivity contribution in [3.05, 3.63) is 11.1 Å². The summed E-state index contributed by atoms with van der Waals surface area (Å²) in [4.78, 5) is 16.9. The molecule has 6 heteroatoms. The number of aryl methyl sites for hydroxylation is 1. The molecular weight excluding hydrogens is 304 g/mol. The fourth-order valence-corrected chi connectivity index (χ4v) is 5.27. The lowest BCUT2D eigenvalue weighted by atomic mass is 9.97. The summed E-state index contributed by atoms with van der Waals surface area (Å²) in [5.41, 5.74) is 0.620. The van der Waals surface area contributed by atoms with E-state index in [1.165, 1.54) is 12.8 Å². The van der Waals surface area contributed by atoms with E-state index in [1.807, 2.05) is 25.6 Å². The number of aromatic nitrogens is 1. The standard InChI is InChI=1S/C15H22N2O2S2/c1-3-19-13(18)15(17-11-4-5-11)7-6-12(8-15)21-14-16-10(2)9-20-14/h9,11-12,17H,3-8H2,1-2H3. The van der Waals surface area contributed by atoms with E-state index in [4.69, 9.17) is 4.74 Å². The first-order valence-electron chi connectivity index (χ1n) is 7.65. The zero-order valence-electron chi connectivity index (χ0n) is 12.6. The lowest BCUT2D eigenvalue weighted by Gasteiger charge is -2.28. The van der Waals surface area contributed by atoms with Crippen molar-refractivity contribution in [2.75, 3.05) is 6.61 Å². The molecule has 0 aromatic carbocycles. The summed E-state index contributed by atoms with van der Waals surface area (Å²) >= 11 is 3.51. The third kappa shape index (κ3) is 3.60. The highest BCUT2D eigenvalue weighted by Gasteiger charge is 2.49. The number of nitrogens with zero attached hydrogens (tertiary/aromatic N) is 1. The van der Waals surface area contributed by atoms with Gasteiger partial charge in [-0.3, -0.25) is 10.1 Å². The maximum absolute atomic E-state index is 12.4. The van der Waals surface area contributed by atoms with E-state index in [2.05, 4.69) is 15.7 Å². The number of rotatable bonds is 6. The van der Waals surface area contributed by atoms with E-state index in [0.717, 1.165) is 29.3 Å². The summed E-state index contributed by atoms with van der Waals surface area (Å²) in [5, 5.41) is 6.10. The summed E-state index contributed by atoms with van der Waals surface area (Å²) in [6.07, 6.45) is 5.15. The minimum atomic E-state index is -0.457. The zero-order chi connectivity index (χ0) is 14.9. The molecule has 2 saturated carbocycles. The molecule has 116 valence electrons. The van der Waals surface area contributed by atoms with Crippen molar-refractivity contribution in [1.82, 2.24) is 10.3 Å². The topological polar surface area (TPSA) is 51.2 Å². The van der Waals surface area contributed by atoms with Gasteiger partial charge in [0.1, 0.15) is 9.88 Å². The number of hydrogen-bond acceptors (Lipinski definition) is 6. The lowest BCUT2D eigenvalue weighted by Crippen LogP contribution is -2.52. The van der Waals surface area contributed by atoms with Crippen LogP contribution in [0.25, 0.3) is 0 Å². The number of thioether (sulfide) groups is 1. The van der Waals surface area contributed by atoms with Crippen molar-refractivity contribution >= 4 is 29.1 Å². The molecule has 0 bridgehead atoms. The molecule has 2 aliphatic carbocycles. The van der Waals surface area contributed by atoms with Crippen molar-refractivity contribution in [2.24, 2.45) is 0 Å². The predicted octanol–water partition coefficient (Wildman–Crippen LogP) is 3.15. The molecule has 2 unspecified atom stereocenters. The highest BCUT2D eigenvalue weighted by Crippen LogP contribution is 2.43. The molecule has 2 aliphatic rings. The largest absolute Gasteiger partial charge is 0.465 e. The van der Waals surface area contributed by atoms with Crippen LogP contribution in [0.2, 0.25) is 0 Å². The van der Waals surface area contributed by atoms with Gasteiger partial charge in [-0.1, -0.05) is 11.8 Å². The molecule has 2 atom stereocenters. The van der Waals surface area contributed by atoms with Crippen LogP contribution >= 0.6 is 23.1 Å². The highest BCUT2D eigenvalue weighted by molar-refractivity contribution is 8.01. The fourth-order valence-electron chi connectivity index (χ4n) is 2.89. The normalized spacial score (nSPS) is 28.8. The van der Waals surface area contributed by atoms with Gasteiger partial charge < -0.3 is 4.74 Å². The molecule has 0 amide bonds. The first kappa shape index (κ1) is 15.3. The Hall–Kier alpha value is -0.590. The van der Waals surface area contributed by atoms with Crippen molar-refractivity contribution in [3.8, 4) is 0 Å². The van der Waals surface area contributed by atoms with Crippen LogP contribution in [0.4, 0.5) is 0 Å². The van der Waals surface area contributed by atoms with Gasteiger partial charge in [-0.25, -0.2) is 4.98 Å². The van der Waals surface area contributed by atoms with Crippen LogP contribution in [0.1, 0.15) is 44.7 Å². The van der Waals surface area contributed by atoms with Gasteiger partial charge in [0, 0.05) is 22.4 Å². The Bertz CT molecular complexity index is 516. The number of esters is 1. The van der Waals surface area contributed by atoms with Crippen LogP contribution in [0.5, 0.6) is 0 Å². The summed E-state index contributed by atoms with van der Waals surface area (Å²) in [6, 6.07) is 0.514. The summed E-state index contributed by atoms with van der Waals surface area (Å²) in [6.45, 7) is 4.35. The predicted molar refractivity (Wildman–Crippen MR) is 85.9 cm³/mol. The lowest BCUT2D eigenvalue weighted by molar-refractivity contribution is -0.151. The Morgan fingerprint density at radius 2 is 2.38 bits per heavy atom. The minimum Gasteiger partial charge on any atom is -0.465 e. The van der Waals surface area contributed by atoms with Crippen molar-refractivity contribution in [3.63, 3.8) is 0 Å². The van der Waals surface area contributed by atoms with Crippen LogP contribution in [0, 0.1) is 6.92 Å². The van der Waals surface area contributed by atoms with Gasteiger partial charge in [0.15, 0.2) is 0 Å². The summed E-state index contributed by atoms with van der Waals surface area (Å²) in [7, 11) is 0. The molecule has 4 nitrogen and oxygen atoms in total. The molecule has 0 spiro atoms. The number of nitrogens with one attached hydrogen (secondary N) is 1. The van der Waals surface area contributed by atoms with E-state index in [-0.39, 0.29) is 5.97 Å². The number of hydrogen-bond donors (Lipinski definition) is 1. The van der Waals surface area contributed by atoms with E-state index in [0.29, 0.717) is 17.9 Å². The average molecular weight is 326 g/mol. The zero-order valence-corrected chi connectivity index (χ0v) is 14.2. The molecule has 1 heterocycles. The second-order valence-corrected chi connectivity index (χ2v) is 8.36. The van der Waals surface area contributed by atoms with Crippen LogP contribution in [-0.2, 0) is 9.53 Å². The summed E-state index contributed by atoms with van der Waals surface area (Å²) < 4.78 is 6.45. The maximum Gasteiger partial charge on any atom is 0.326 e. The number of carbonyl (C=O) groups excluding carboxylic acids is 1. The molecule has 0 aliphatic heterocycles. The van der Waals surface area contributed by atoms with Gasteiger partial charge in [-0.05, 0) is 46.0 Å². The highest BCUT2D eigenvalue weighted by atomic mass is 32.2. The Morgan fingerprint density at radius 1 is 1.57 bits per heavy atom. The van der Waals surface area contributed by atoms with Crippen molar-refractivity contribution in [1.29, 1.82) is 0 Å². The monoisotopic (exact) mass is 326 g/mol. The van der Waals surface area contributed by atoms with E-state index < -0.39 is 5.54 Å². The van der Waals surface area contributed by atoms with Crippen LogP contribution in [0.15, 0.2) is 9.72 Å². The van der Waals surface area contributed by atoms with Gasteiger partial charge in [0.25, 0.3) is 0 Å². The van der Waals surface area contributed by atoms with Crippen LogP contribution < -0.4 is 5.32 Å². The molecule has 2 fully saturated rings. The minimum absolute atomic E-state index is 0.0599. The van der Waals surface area contributed by atoms with Crippen LogP contribution in [0.3, 0.4) is 0 Å². The average Bonchev–Trinajstić information content (AvgIpc) is 3.01. The van der Waals surface area contributed by atoms with E-state index in [1.54, 1.807) is 11.3 Å². The van der Waals surface area contributed by atoms with E-state index in [9.17, 15) is 4.79 Å².